The van der Waals surface area contributed by atoms with Crippen molar-refractivity contribution in [2.24, 2.45) is 4.99 Å². The van der Waals surface area contributed by atoms with Crippen LogP contribution in [-0.4, -0.2) is 33.4 Å². The molecule has 1 N–H and O–H groups in total. The molecule has 0 saturated heterocycles. The first-order valence-corrected chi connectivity index (χ1v) is 10.5. The van der Waals surface area contributed by atoms with Gasteiger partial charge in [0.05, 0.1) is 17.9 Å². The molecule has 2 aliphatic rings. The van der Waals surface area contributed by atoms with Gasteiger partial charge in [-0.15, -0.1) is 0 Å². The van der Waals surface area contributed by atoms with Crippen molar-refractivity contribution >= 4 is 17.4 Å². The maximum Gasteiger partial charge on any atom is 0.348 e. The number of hydrogen-bond donors (Lipinski definition) is 1. The zero-order chi connectivity index (χ0) is 21.5. The minimum Gasteiger partial charge on any atom is -0.318 e. The summed E-state index contributed by atoms with van der Waals surface area (Å²) in [5.74, 6) is 0. The van der Waals surface area contributed by atoms with E-state index in [0.717, 1.165) is 44.3 Å². The fourth-order valence-electron chi connectivity index (χ4n) is 4.26. The number of anilines is 1. The molecule has 5 rings (SSSR count). The van der Waals surface area contributed by atoms with Crippen LogP contribution in [-0.2, 0) is 19.5 Å². The lowest BCUT2D eigenvalue weighted by molar-refractivity contribution is 0.167. The molecule has 2 aliphatic heterocycles. The third kappa shape index (κ3) is 3.59. The number of benzene rings is 2. The minimum atomic E-state index is -0.400. The van der Waals surface area contributed by atoms with Gasteiger partial charge in [0.15, 0.2) is 0 Å². The number of pyridine rings is 1. The van der Waals surface area contributed by atoms with Gasteiger partial charge in [0.2, 0.25) is 0 Å². The Balaban J connectivity index is 1.45. The van der Waals surface area contributed by atoms with Gasteiger partial charge in [-0.2, -0.15) is 5.06 Å². The zero-order valence-electron chi connectivity index (χ0n) is 17.7. The van der Waals surface area contributed by atoms with Crippen LogP contribution in [0.3, 0.4) is 0 Å². The monoisotopic (exact) mass is 412 g/mol. The third-order valence-corrected chi connectivity index (χ3v) is 5.96. The number of urea groups is 1. The highest BCUT2D eigenvalue weighted by Crippen LogP contribution is 2.33. The largest absolute Gasteiger partial charge is 0.348 e. The van der Waals surface area contributed by atoms with Crippen LogP contribution in [0.25, 0.3) is 0 Å². The molecule has 0 fully saturated rings. The molecule has 2 amide bonds. The van der Waals surface area contributed by atoms with E-state index >= 15 is 0 Å². The topological polar surface area (TPSA) is 69.0 Å². The summed E-state index contributed by atoms with van der Waals surface area (Å²) in [5.41, 5.74) is 8.74. The first kappa shape index (κ1) is 19.5. The van der Waals surface area contributed by atoms with Crippen molar-refractivity contribution in [3.8, 4) is 0 Å². The van der Waals surface area contributed by atoms with Crippen molar-refractivity contribution in [3.05, 3.63) is 93.8 Å². The average molecular weight is 412 g/mol. The summed E-state index contributed by atoms with van der Waals surface area (Å²) in [6.07, 6.45) is 2.46. The van der Waals surface area contributed by atoms with E-state index in [0.29, 0.717) is 31.7 Å². The molecule has 0 radical (unpaired) electrons. The van der Waals surface area contributed by atoms with Crippen LogP contribution < -0.4 is 5.06 Å². The number of fused-ring (bicyclic) bond motifs is 2. The Labute approximate surface area is 181 Å². The van der Waals surface area contributed by atoms with Gasteiger partial charge < -0.3 is 4.90 Å². The molecule has 156 valence electrons. The van der Waals surface area contributed by atoms with Gasteiger partial charge in [-0.1, -0.05) is 29.8 Å². The normalized spacial score (nSPS) is 15.5. The summed E-state index contributed by atoms with van der Waals surface area (Å²) in [7, 11) is 0. The predicted octanol–water partition coefficient (Wildman–Crippen LogP) is 4.42. The molecule has 0 aliphatic carbocycles. The third-order valence-electron chi connectivity index (χ3n) is 5.96. The molecule has 0 unspecified atom stereocenters. The van der Waals surface area contributed by atoms with E-state index in [1.54, 1.807) is 11.1 Å². The molecule has 3 aromatic rings. The Morgan fingerprint density at radius 2 is 1.84 bits per heavy atom. The molecule has 1 aromatic heterocycles. The Hall–Kier alpha value is -3.51. The van der Waals surface area contributed by atoms with E-state index in [1.165, 1.54) is 5.56 Å². The maximum atomic E-state index is 13.0. The molecule has 2 aromatic carbocycles. The van der Waals surface area contributed by atoms with Crippen molar-refractivity contribution in [2.45, 2.75) is 33.4 Å². The van der Waals surface area contributed by atoms with Gasteiger partial charge in [0.25, 0.3) is 0 Å². The fraction of sp³-hybridized carbons (Fsp3) is 0.240. The Morgan fingerprint density at radius 3 is 2.61 bits per heavy atom. The minimum absolute atomic E-state index is 0.400. The Kier molecular flexibility index (Phi) is 4.79. The fourth-order valence-corrected chi connectivity index (χ4v) is 4.26. The molecular weight excluding hydrogens is 388 g/mol. The van der Waals surface area contributed by atoms with Crippen LogP contribution >= 0.6 is 0 Å². The van der Waals surface area contributed by atoms with Crippen LogP contribution in [0.4, 0.5) is 10.5 Å². The summed E-state index contributed by atoms with van der Waals surface area (Å²) in [6, 6.07) is 15.7. The number of hydroxylamine groups is 1. The highest BCUT2D eigenvalue weighted by atomic mass is 16.5. The molecule has 6 heteroatoms. The van der Waals surface area contributed by atoms with E-state index in [4.69, 9.17) is 4.99 Å². The standard InChI is InChI=1S/C25H24N4O2/c1-16-3-5-18(6-4-16)15-28-10-8-19-12-22-21(13-23(19)29(31)25(28)30)14-27-24(22)20-7-9-26-17(2)11-20/h3-7,9,11-13,31H,8,10,14-15H2,1-2H3. The van der Waals surface area contributed by atoms with E-state index in [-0.39, 0.29) is 0 Å². The van der Waals surface area contributed by atoms with Crippen molar-refractivity contribution in [1.82, 2.24) is 9.88 Å². The van der Waals surface area contributed by atoms with Gasteiger partial charge >= 0.3 is 6.03 Å². The van der Waals surface area contributed by atoms with Crippen LogP contribution in [0.5, 0.6) is 0 Å². The molecule has 0 bridgehead atoms. The van der Waals surface area contributed by atoms with Crippen molar-refractivity contribution < 1.29 is 10.0 Å². The SMILES string of the molecule is Cc1ccc(CN2CCc3cc4c(cc3N(O)C2=O)CN=C4c2ccnc(C)c2)cc1. The van der Waals surface area contributed by atoms with Gasteiger partial charge in [-0.3, -0.25) is 15.2 Å². The quantitative estimate of drug-likeness (QED) is 0.648. The smallest absolute Gasteiger partial charge is 0.318 e. The average Bonchev–Trinajstić information content (AvgIpc) is 3.14. The molecule has 3 heterocycles. The second kappa shape index (κ2) is 7.63. The van der Waals surface area contributed by atoms with Crippen LogP contribution in [0.1, 0.15) is 39.1 Å². The maximum absolute atomic E-state index is 13.0. The van der Waals surface area contributed by atoms with Crippen molar-refractivity contribution in [2.75, 3.05) is 11.6 Å². The highest BCUT2D eigenvalue weighted by Gasteiger charge is 2.30. The van der Waals surface area contributed by atoms with Crippen LogP contribution in [0.2, 0.25) is 0 Å². The van der Waals surface area contributed by atoms with Gasteiger partial charge in [0.1, 0.15) is 0 Å². The first-order chi connectivity index (χ1) is 15.0. The summed E-state index contributed by atoms with van der Waals surface area (Å²) in [6.45, 7) is 5.55. The van der Waals surface area contributed by atoms with Crippen LogP contribution in [0, 0.1) is 13.8 Å². The number of amides is 2. The summed E-state index contributed by atoms with van der Waals surface area (Å²) >= 11 is 0. The second-order valence-electron chi connectivity index (χ2n) is 8.24. The number of rotatable bonds is 3. The molecule has 6 nitrogen and oxygen atoms in total. The molecule has 31 heavy (non-hydrogen) atoms. The molecule has 0 saturated carbocycles. The second-order valence-corrected chi connectivity index (χ2v) is 8.24. The van der Waals surface area contributed by atoms with E-state index in [9.17, 15) is 10.0 Å². The predicted molar refractivity (Wildman–Crippen MR) is 120 cm³/mol. The van der Waals surface area contributed by atoms with Gasteiger partial charge in [-0.05, 0) is 61.2 Å². The van der Waals surface area contributed by atoms with E-state index in [2.05, 4.69) is 11.1 Å². The number of aromatic nitrogens is 1. The van der Waals surface area contributed by atoms with Crippen molar-refractivity contribution in [1.29, 1.82) is 0 Å². The summed E-state index contributed by atoms with van der Waals surface area (Å²) in [4.78, 5) is 23.7. The molecule has 0 atom stereocenters. The summed E-state index contributed by atoms with van der Waals surface area (Å²) in [5, 5.41) is 11.5. The Morgan fingerprint density at radius 1 is 1.03 bits per heavy atom. The van der Waals surface area contributed by atoms with E-state index < -0.39 is 6.03 Å². The number of carbonyl (C=O) groups excluding carboxylic acids is 1. The zero-order valence-corrected chi connectivity index (χ0v) is 17.7. The molecular formula is C25H24N4O2. The lowest BCUT2D eigenvalue weighted by Crippen LogP contribution is -2.40. The van der Waals surface area contributed by atoms with Gasteiger partial charge in [0, 0.05) is 36.1 Å². The van der Waals surface area contributed by atoms with Crippen LogP contribution in [0.15, 0.2) is 59.7 Å². The number of hydrogen-bond acceptors (Lipinski definition) is 4. The first-order valence-electron chi connectivity index (χ1n) is 10.5. The number of nitrogens with zero attached hydrogens (tertiary/aromatic N) is 4. The molecule has 0 spiro atoms. The number of carbonyl (C=O) groups is 1. The Bertz CT molecular complexity index is 1200. The highest BCUT2D eigenvalue weighted by molar-refractivity contribution is 6.15. The lowest BCUT2D eigenvalue weighted by atomic mass is 9.95. The number of aryl methyl sites for hydroxylation is 2. The van der Waals surface area contributed by atoms with Gasteiger partial charge in [-0.25, -0.2) is 4.79 Å². The number of aliphatic imine (C=N–C) groups is 1. The van der Waals surface area contributed by atoms with Crippen molar-refractivity contribution in [3.63, 3.8) is 0 Å². The summed E-state index contributed by atoms with van der Waals surface area (Å²) < 4.78 is 0. The van der Waals surface area contributed by atoms with E-state index in [1.807, 2.05) is 56.3 Å². The lowest BCUT2D eigenvalue weighted by Gasteiger charge is -2.24.